The topological polar surface area (TPSA) is 44.9 Å². The number of hydrogen-bond acceptors (Lipinski definition) is 1. The van der Waals surface area contributed by atoms with Crippen LogP contribution in [-0.2, 0) is 0 Å². The Bertz CT molecular complexity index is 240. The molecule has 0 radical (unpaired) electrons. The molecule has 0 bridgehead atoms. The van der Waals surface area contributed by atoms with E-state index < -0.39 is 0 Å². The van der Waals surface area contributed by atoms with Gasteiger partial charge in [0, 0.05) is 13.2 Å². The number of nitrogens with one attached hydrogen (secondary N) is 2. The minimum Gasteiger partial charge on any atom is -0.357 e. The van der Waals surface area contributed by atoms with E-state index in [1.54, 1.807) is 19.3 Å². The van der Waals surface area contributed by atoms with E-state index in [-0.39, 0.29) is 5.91 Å². The van der Waals surface area contributed by atoms with E-state index in [0.717, 1.165) is 5.56 Å². The van der Waals surface area contributed by atoms with E-state index in [1.165, 1.54) is 0 Å². The molecule has 0 aliphatic heterocycles. The lowest BCUT2D eigenvalue weighted by Crippen LogP contribution is -2.17. The molecule has 0 spiro atoms. The highest BCUT2D eigenvalue weighted by molar-refractivity contribution is 5.92. The van der Waals surface area contributed by atoms with Crippen LogP contribution in [0.2, 0.25) is 0 Å². The Morgan fingerprint density at radius 1 is 1.70 bits per heavy atom. The van der Waals surface area contributed by atoms with Gasteiger partial charge in [-0.15, -0.1) is 0 Å². The average Bonchev–Trinajstić information content (AvgIpc) is 2.34. The molecule has 1 rings (SSSR count). The molecule has 1 aromatic rings. The van der Waals surface area contributed by atoms with Crippen LogP contribution in [0.15, 0.2) is 12.3 Å². The zero-order valence-corrected chi connectivity index (χ0v) is 6.06. The van der Waals surface area contributed by atoms with Crippen molar-refractivity contribution >= 4 is 5.91 Å². The average molecular weight is 138 g/mol. The zero-order chi connectivity index (χ0) is 7.56. The van der Waals surface area contributed by atoms with Crippen molar-refractivity contribution in [2.24, 2.45) is 0 Å². The summed E-state index contributed by atoms with van der Waals surface area (Å²) >= 11 is 0. The first-order valence-electron chi connectivity index (χ1n) is 3.11. The second-order valence-electron chi connectivity index (χ2n) is 2.17. The fraction of sp³-hybridized carbons (Fsp3) is 0.286. The van der Waals surface area contributed by atoms with Gasteiger partial charge in [0.05, 0.1) is 0 Å². The summed E-state index contributed by atoms with van der Waals surface area (Å²) in [4.78, 5) is 13.7. The van der Waals surface area contributed by atoms with Crippen LogP contribution in [-0.4, -0.2) is 17.9 Å². The lowest BCUT2D eigenvalue weighted by molar-refractivity contribution is 0.0959. The van der Waals surface area contributed by atoms with E-state index >= 15 is 0 Å². The smallest absolute Gasteiger partial charge is 0.267 e. The number of aromatic amines is 1. The Kier molecular flexibility index (Phi) is 1.76. The van der Waals surface area contributed by atoms with Crippen molar-refractivity contribution in [1.29, 1.82) is 0 Å². The van der Waals surface area contributed by atoms with E-state index in [1.807, 2.05) is 6.92 Å². The predicted octanol–water partition coefficient (Wildman–Crippen LogP) is 0.683. The maximum Gasteiger partial charge on any atom is 0.267 e. The van der Waals surface area contributed by atoms with Gasteiger partial charge in [-0.05, 0) is 18.6 Å². The molecular weight excluding hydrogens is 128 g/mol. The molecule has 0 unspecified atom stereocenters. The molecule has 1 heterocycles. The zero-order valence-electron chi connectivity index (χ0n) is 6.06. The third kappa shape index (κ3) is 1.18. The summed E-state index contributed by atoms with van der Waals surface area (Å²) in [6, 6.07) is 1.80. The number of rotatable bonds is 1. The summed E-state index contributed by atoms with van der Waals surface area (Å²) in [5.41, 5.74) is 1.68. The summed E-state index contributed by atoms with van der Waals surface area (Å²) < 4.78 is 0. The van der Waals surface area contributed by atoms with Crippen molar-refractivity contribution in [3.05, 3.63) is 23.5 Å². The molecule has 3 heteroatoms. The predicted molar refractivity (Wildman–Crippen MR) is 38.9 cm³/mol. The number of aromatic nitrogens is 1. The second-order valence-corrected chi connectivity index (χ2v) is 2.17. The number of carbonyl (C=O) groups excluding carboxylic acids is 1. The van der Waals surface area contributed by atoms with Crippen molar-refractivity contribution in [3.63, 3.8) is 0 Å². The standard InChI is InChI=1S/C7H10N2O/c1-5-3-6(9-4-5)7(10)8-2/h3-4,9H,1-2H3,(H,8,10). The molecule has 2 N–H and O–H groups in total. The molecule has 0 saturated heterocycles. The van der Waals surface area contributed by atoms with E-state index in [9.17, 15) is 4.79 Å². The van der Waals surface area contributed by atoms with Gasteiger partial charge in [-0.3, -0.25) is 4.79 Å². The molecule has 54 valence electrons. The van der Waals surface area contributed by atoms with Gasteiger partial charge in [-0.25, -0.2) is 0 Å². The molecule has 10 heavy (non-hydrogen) atoms. The summed E-state index contributed by atoms with van der Waals surface area (Å²) in [5, 5.41) is 2.52. The number of H-pyrrole nitrogens is 1. The fourth-order valence-electron chi connectivity index (χ4n) is 0.768. The molecule has 0 aliphatic carbocycles. The maximum absolute atomic E-state index is 10.9. The quantitative estimate of drug-likeness (QED) is 0.589. The van der Waals surface area contributed by atoms with Gasteiger partial charge in [0.2, 0.25) is 0 Å². The summed E-state index contributed by atoms with van der Waals surface area (Å²) in [5.74, 6) is -0.0758. The van der Waals surface area contributed by atoms with Crippen LogP contribution in [0.4, 0.5) is 0 Å². The monoisotopic (exact) mass is 138 g/mol. The summed E-state index contributed by atoms with van der Waals surface area (Å²) in [7, 11) is 1.61. The normalized spacial score (nSPS) is 9.40. The Balaban J connectivity index is 2.85. The van der Waals surface area contributed by atoms with Crippen molar-refractivity contribution in [3.8, 4) is 0 Å². The third-order valence-electron chi connectivity index (χ3n) is 1.30. The molecule has 0 fully saturated rings. The van der Waals surface area contributed by atoms with E-state index in [4.69, 9.17) is 0 Å². The highest BCUT2D eigenvalue weighted by atomic mass is 16.1. The Hall–Kier alpha value is -1.25. The third-order valence-corrected chi connectivity index (χ3v) is 1.30. The van der Waals surface area contributed by atoms with Gasteiger partial charge >= 0.3 is 0 Å². The van der Waals surface area contributed by atoms with Gasteiger partial charge in [0.15, 0.2) is 0 Å². The fourth-order valence-corrected chi connectivity index (χ4v) is 0.768. The number of aryl methyl sites for hydroxylation is 1. The van der Waals surface area contributed by atoms with Crippen LogP contribution < -0.4 is 5.32 Å². The van der Waals surface area contributed by atoms with Gasteiger partial charge < -0.3 is 10.3 Å². The Morgan fingerprint density at radius 2 is 2.40 bits per heavy atom. The van der Waals surface area contributed by atoms with Crippen LogP contribution in [0.5, 0.6) is 0 Å². The van der Waals surface area contributed by atoms with Gasteiger partial charge in [0.25, 0.3) is 5.91 Å². The minimum atomic E-state index is -0.0758. The first kappa shape index (κ1) is 6.86. The van der Waals surface area contributed by atoms with Crippen LogP contribution in [0.3, 0.4) is 0 Å². The van der Waals surface area contributed by atoms with Crippen molar-refractivity contribution in [2.45, 2.75) is 6.92 Å². The molecule has 3 nitrogen and oxygen atoms in total. The molecule has 0 atom stereocenters. The largest absolute Gasteiger partial charge is 0.357 e. The van der Waals surface area contributed by atoms with Gasteiger partial charge in [-0.2, -0.15) is 0 Å². The van der Waals surface area contributed by atoms with Crippen molar-refractivity contribution < 1.29 is 4.79 Å². The van der Waals surface area contributed by atoms with Crippen molar-refractivity contribution in [1.82, 2.24) is 10.3 Å². The van der Waals surface area contributed by atoms with E-state index in [0.29, 0.717) is 5.69 Å². The Morgan fingerprint density at radius 3 is 2.80 bits per heavy atom. The van der Waals surface area contributed by atoms with Crippen molar-refractivity contribution in [2.75, 3.05) is 7.05 Å². The van der Waals surface area contributed by atoms with Crippen LogP contribution >= 0.6 is 0 Å². The molecule has 0 saturated carbocycles. The molecule has 1 amide bonds. The number of amides is 1. The number of hydrogen-bond donors (Lipinski definition) is 2. The van der Waals surface area contributed by atoms with Gasteiger partial charge in [-0.1, -0.05) is 0 Å². The lowest BCUT2D eigenvalue weighted by Gasteiger charge is -1.91. The second kappa shape index (κ2) is 2.56. The molecule has 0 aliphatic rings. The van der Waals surface area contributed by atoms with Gasteiger partial charge in [0.1, 0.15) is 5.69 Å². The van der Waals surface area contributed by atoms with Crippen LogP contribution in [0, 0.1) is 6.92 Å². The molecule has 1 aromatic heterocycles. The summed E-state index contributed by atoms with van der Waals surface area (Å²) in [6.07, 6.45) is 1.80. The molecule has 0 aromatic carbocycles. The first-order valence-corrected chi connectivity index (χ1v) is 3.11. The first-order chi connectivity index (χ1) is 4.74. The Labute approximate surface area is 59.4 Å². The highest BCUT2D eigenvalue weighted by Gasteiger charge is 2.02. The highest BCUT2D eigenvalue weighted by Crippen LogP contribution is 1.99. The number of carbonyl (C=O) groups is 1. The van der Waals surface area contributed by atoms with Crippen LogP contribution in [0.1, 0.15) is 16.1 Å². The lowest BCUT2D eigenvalue weighted by atomic mass is 10.3. The maximum atomic E-state index is 10.9. The minimum absolute atomic E-state index is 0.0758. The van der Waals surface area contributed by atoms with E-state index in [2.05, 4.69) is 10.3 Å². The summed E-state index contributed by atoms with van der Waals surface area (Å²) in [6.45, 7) is 1.93. The SMILES string of the molecule is CNC(=O)c1cc(C)c[nH]1. The van der Waals surface area contributed by atoms with Crippen LogP contribution in [0.25, 0.3) is 0 Å². The molecular formula is C7H10N2O.